The molecule has 1 N–H and O–H groups in total. The Hall–Kier alpha value is -4.72. The highest BCUT2D eigenvalue weighted by Gasteiger charge is 2.53. The quantitative estimate of drug-likeness (QED) is 0.229. The van der Waals surface area contributed by atoms with Gasteiger partial charge in [0.1, 0.15) is 35.8 Å². The van der Waals surface area contributed by atoms with Gasteiger partial charge in [-0.3, -0.25) is 24.0 Å². The number of ketones is 1. The van der Waals surface area contributed by atoms with E-state index in [-0.39, 0.29) is 17.1 Å². The van der Waals surface area contributed by atoms with Crippen molar-refractivity contribution < 1.29 is 66.6 Å². The lowest BCUT2D eigenvalue weighted by atomic mass is 9.98. The average Bonchev–Trinajstić information content (AvgIpc) is 2.89. The van der Waals surface area contributed by atoms with E-state index in [2.05, 4.69) is 0 Å². The minimum atomic E-state index is -1.53. The number of phenolic OH excluding ortho intramolecular Hbond substituents is 1. The van der Waals surface area contributed by atoms with E-state index in [0.29, 0.717) is 0 Å². The summed E-state index contributed by atoms with van der Waals surface area (Å²) in [6, 6.07) is 8.64. The lowest BCUT2D eigenvalue weighted by molar-refractivity contribution is -0.288. The van der Waals surface area contributed by atoms with Crippen molar-refractivity contribution in [3.8, 4) is 17.2 Å². The van der Waals surface area contributed by atoms with Crippen LogP contribution in [0.15, 0.2) is 42.5 Å². The van der Waals surface area contributed by atoms with Crippen LogP contribution in [0.3, 0.4) is 0 Å². The number of esters is 4. The number of Topliss-reactive ketones (excluding diaryl/α,β-unsaturated/α-hetero) is 1. The zero-order valence-corrected chi connectivity index (χ0v) is 23.1. The first-order chi connectivity index (χ1) is 19.8. The number of benzene rings is 2. The third-order valence-corrected chi connectivity index (χ3v) is 5.65. The van der Waals surface area contributed by atoms with E-state index >= 15 is 0 Å². The molecule has 1 saturated heterocycles. The van der Waals surface area contributed by atoms with Gasteiger partial charge in [-0.25, -0.2) is 4.39 Å². The molecule has 1 heterocycles. The number of ether oxygens (including phenoxy) is 7. The highest BCUT2D eigenvalue weighted by Crippen LogP contribution is 2.32. The lowest BCUT2D eigenvalue weighted by Crippen LogP contribution is -2.63. The SMILES string of the molecule is CC(=O)OC[C@@H]1O[C@@H](Oc2ccc(C(=O)COc3ccc(F)cc3)c(O)c2)[C@@H](OC(C)=O)[C@@H](OC(C)=O)[C@@H]1OC(C)=O. The van der Waals surface area contributed by atoms with Crippen LogP contribution in [0.4, 0.5) is 4.39 Å². The molecule has 42 heavy (non-hydrogen) atoms. The predicted molar refractivity (Wildman–Crippen MR) is 137 cm³/mol. The summed E-state index contributed by atoms with van der Waals surface area (Å²) in [4.78, 5) is 59.8. The molecule has 0 unspecified atom stereocenters. The maximum Gasteiger partial charge on any atom is 0.303 e. The molecule has 0 spiro atoms. The Morgan fingerprint density at radius 2 is 1.36 bits per heavy atom. The molecule has 2 aromatic carbocycles. The molecule has 3 rings (SSSR count). The molecule has 0 saturated carbocycles. The summed E-state index contributed by atoms with van der Waals surface area (Å²) in [7, 11) is 0. The predicted octanol–water partition coefficient (Wildman–Crippen LogP) is 2.25. The fourth-order valence-corrected chi connectivity index (χ4v) is 4.00. The van der Waals surface area contributed by atoms with Gasteiger partial charge in [-0.2, -0.15) is 0 Å². The molecular weight excluding hydrogens is 563 g/mol. The van der Waals surface area contributed by atoms with Gasteiger partial charge in [0.25, 0.3) is 0 Å². The van der Waals surface area contributed by atoms with Crippen LogP contribution in [0.5, 0.6) is 17.2 Å². The molecule has 226 valence electrons. The Labute approximate surface area is 239 Å². The van der Waals surface area contributed by atoms with Crippen LogP contribution >= 0.6 is 0 Å². The van der Waals surface area contributed by atoms with Crippen molar-refractivity contribution in [1.82, 2.24) is 0 Å². The van der Waals surface area contributed by atoms with Gasteiger partial charge < -0.3 is 38.3 Å². The van der Waals surface area contributed by atoms with Crippen LogP contribution in [0.2, 0.25) is 0 Å². The maximum absolute atomic E-state index is 13.1. The molecule has 0 bridgehead atoms. The summed E-state index contributed by atoms with van der Waals surface area (Å²) in [5.74, 6) is -4.50. The molecule has 0 aliphatic carbocycles. The Morgan fingerprint density at radius 3 is 1.93 bits per heavy atom. The maximum atomic E-state index is 13.1. The molecule has 1 aliphatic rings. The van der Waals surface area contributed by atoms with Gasteiger partial charge in [0.15, 0.2) is 18.8 Å². The van der Waals surface area contributed by atoms with E-state index in [4.69, 9.17) is 33.2 Å². The smallest absolute Gasteiger partial charge is 0.303 e. The van der Waals surface area contributed by atoms with Crippen LogP contribution in [-0.2, 0) is 42.9 Å². The highest BCUT2D eigenvalue weighted by atomic mass is 19.1. The van der Waals surface area contributed by atoms with E-state index in [9.17, 15) is 33.5 Å². The number of carbonyl (C=O) groups is 5. The molecule has 1 aliphatic heterocycles. The zero-order valence-electron chi connectivity index (χ0n) is 23.1. The highest BCUT2D eigenvalue weighted by molar-refractivity contribution is 5.99. The summed E-state index contributed by atoms with van der Waals surface area (Å²) in [5, 5.41) is 10.5. The van der Waals surface area contributed by atoms with Crippen molar-refractivity contribution >= 4 is 29.7 Å². The van der Waals surface area contributed by atoms with Gasteiger partial charge >= 0.3 is 23.9 Å². The summed E-state index contributed by atoms with van der Waals surface area (Å²) in [6.07, 6.45) is -7.08. The molecule has 5 atom stereocenters. The number of hydrogen-bond acceptors (Lipinski definition) is 13. The van der Waals surface area contributed by atoms with Crippen molar-refractivity contribution in [2.45, 2.75) is 58.4 Å². The molecule has 14 heteroatoms. The number of aromatic hydroxyl groups is 1. The van der Waals surface area contributed by atoms with Crippen LogP contribution < -0.4 is 9.47 Å². The number of carbonyl (C=O) groups excluding carboxylic acids is 5. The third-order valence-electron chi connectivity index (χ3n) is 5.65. The van der Waals surface area contributed by atoms with Crippen LogP contribution in [0, 0.1) is 5.82 Å². The van der Waals surface area contributed by atoms with Crippen molar-refractivity contribution in [3.05, 3.63) is 53.8 Å². The Kier molecular flexibility index (Phi) is 10.8. The minimum absolute atomic E-state index is 0.0654. The lowest BCUT2D eigenvalue weighted by Gasteiger charge is -2.43. The normalized spacial score (nSPS) is 21.4. The van der Waals surface area contributed by atoms with Crippen molar-refractivity contribution in [3.63, 3.8) is 0 Å². The van der Waals surface area contributed by atoms with Crippen molar-refractivity contribution in [2.24, 2.45) is 0 Å². The Balaban J connectivity index is 1.86. The van der Waals surface area contributed by atoms with Crippen LogP contribution in [0.1, 0.15) is 38.1 Å². The fraction of sp³-hybridized carbons (Fsp3) is 0.393. The minimum Gasteiger partial charge on any atom is -0.507 e. The molecular formula is C28H29FO13. The monoisotopic (exact) mass is 592 g/mol. The second-order valence-electron chi connectivity index (χ2n) is 9.03. The topological polar surface area (TPSA) is 170 Å². The second-order valence-corrected chi connectivity index (χ2v) is 9.03. The summed E-state index contributed by atoms with van der Waals surface area (Å²) in [6.45, 7) is 3.47. The fourth-order valence-electron chi connectivity index (χ4n) is 4.00. The molecule has 0 radical (unpaired) electrons. The van der Waals surface area contributed by atoms with E-state index in [1.54, 1.807) is 0 Å². The first-order valence-electron chi connectivity index (χ1n) is 12.6. The molecule has 2 aromatic rings. The van der Waals surface area contributed by atoms with Gasteiger partial charge in [0.05, 0.1) is 5.56 Å². The standard InChI is InChI=1S/C28H29FO13/c1-14(30)36-13-24-25(38-15(2)31)26(39-16(3)32)27(40-17(4)33)28(42-24)41-20-9-10-21(22(34)11-20)23(35)12-37-19-7-5-18(29)6-8-19/h5-11,24-28,34H,12-13H2,1-4H3/t24-,25+,26-,27-,28+/m0/s1. The molecule has 0 amide bonds. The number of rotatable bonds is 11. The largest absolute Gasteiger partial charge is 0.507 e. The number of hydrogen-bond donors (Lipinski definition) is 1. The van der Waals surface area contributed by atoms with Gasteiger partial charge in [0, 0.05) is 33.8 Å². The summed E-state index contributed by atoms with van der Waals surface area (Å²) in [5.41, 5.74) is -0.119. The average molecular weight is 593 g/mol. The molecule has 0 aromatic heterocycles. The Morgan fingerprint density at radius 1 is 0.786 bits per heavy atom. The third kappa shape index (κ3) is 8.89. The molecule has 13 nitrogen and oxygen atoms in total. The summed E-state index contributed by atoms with van der Waals surface area (Å²) < 4.78 is 51.1. The van der Waals surface area contributed by atoms with Gasteiger partial charge in [0.2, 0.25) is 18.2 Å². The number of halogens is 1. The van der Waals surface area contributed by atoms with Gasteiger partial charge in [-0.15, -0.1) is 0 Å². The van der Waals surface area contributed by atoms with Crippen LogP contribution in [-0.4, -0.2) is 78.7 Å². The van der Waals surface area contributed by atoms with E-state index in [1.165, 1.54) is 24.3 Å². The first-order valence-corrected chi connectivity index (χ1v) is 12.6. The number of phenols is 1. The van der Waals surface area contributed by atoms with Crippen molar-refractivity contribution in [2.75, 3.05) is 13.2 Å². The van der Waals surface area contributed by atoms with Crippen molar-refractivity contribution in [1.29, 1.82) is 0 Å². The first kappa shape index (κ1) is 31.8. The summed E-state index contributed by atoms with van der Waals surface area (Å²) >= 11 is 0. The van der Waals surface area contributed by atoms with E-state index < -0.39 is 85.1 Å². The zero-order chi connectivity index (χ0) is 31.0. The second kappa shape index (κ2) is 14.3. The van der Waals surface area contributed by atoms with Gasteiger partial charge in [-0.05, 0) is 36.4 Å². The van der Waals surface area contributed by atoms with E-state index in [1.807, 2.05) is 0 Å². The van der Waals surface area contributed by atoms with Crippen LogP contribution in [0.25, 0.3) is 0 Å². The van der Waals surface area contributed by atoms with E-state index in [0.717, 1.165) is 45.9 Å². The van der Waals surface area contributed by atoms with Gasteiger partial charge in [-0.1, -0.05) is 0 Å². The Bertz CT molecular complexity index is 1310. The molecule has 1 fully saturated rings.